The third kappa shape index (κ3) is 3.03. The van der Waals surface area contributed by atoms with Crippen LogP contribution in [0.25, 0.3) is 0 Å². The highest BCUT2D eigenvalue weighted by atomic mass is 19.1. The first kappa shape index (κ1) is 19.3. The van der Waals surface area contributed by atoms with Gasteiger partial charge < -0.3 is 25.0 Å². The maximum atomic E-state index is 13.8. The molecule has 2 atom stereocenters. The summed E-state index contributed by atoms with van der Waals surface area (Å²) in [6.07, 6.45) is -0.507. The number of ether oxygens (including phenoxy) is 1. The van der Waals surface area contributed by atoms with Crippen molar-refractivity contribution < 1.29 is 33.0 Å². The van der Waals surface area contributed by atoms with Crippen molar-refractivity contribution in [2.45, 2.75) is 19.7 Å². The second kappa shape index (κ2) is 6.80. The van der Waals surface area contributed by atoms with E-state index in [2.05, 4.69) is 5.32 Å². The third-order valence-electron chi connectivity index (χ3n) is 5.55. The molecule has 1 aromatic carbocycles. The lowest BCUT2D eigenvalue weighted by atomic mass is 9.79. The van der Waals surface area contributed by atoms with E-state index in [1.54, 1.807) is 0 Å². The zero-order valence-corrected chi connectivity index (χ0v) is 15.6. The van der Waals surface area contributed by atoms with Gasteiger partial charge in [0.25, 0.3) is 5.91 Å². The van der Waals surface area contributed by atoms with Crippen LogP contribution in [-0.2, 0) is 25.7 Å². The Morgan fingerprint density at radius 2 is 2.14 bits per heavy atom. The third-order valence-corrected chi connectivity index (χ3v) is 5.55. The zero-order chi connectivity index (χ0) is 20.9. The van der Waals surface area contributed by atoms with Crippen LogP contribution in [0.5, 0.6) is 0 Å². The molecule has 2 N–H and O–H groups in total. The highest BCUT2D eigenvalue weighted by molar-refractivity contribution is 6.16. The summed E-state index contributed by atoms with van der Waals surface area (Å²) in [6, 6.07) is 2.95. The van der Waals surface area contributed by atoms with Gasteiger partial charge in [-0.1, -0.05) is 6.07 Å². The quantitative estimate of drug-likeness (QED) is 0.706. The predicted octanol–water partition coefficient (Wildman–Crippen LogP) is 0.440. The van der Waals surface area contributed by atoms with Gasteiger partial charge in [-0.3, -0.25) is 14.4 Å². The molecule has 0 aliphatic carbocycles. The molecule has 0 radical (unpaired) electrons. The topological polar surface area (TPSA) is 99.2 Å². The average molecular weight is 407 g/mol. The zero-order valence-electron chi connectivity index (χ0n) is 15.6. The van der Waals surface area contributed by atoms with E-state index < -0.39 is 46.6 Å². The second-order valence-electron chi connectivity index (χ2n) is 7.48. The number of Topliss-reactive ketones (excluding diaryl/α,β-unsaturated/α-hetero) is 1. The summed E-state index contributed by atoms with van der Waals surface area (Å²) < 4.78 is 32.3. The number of aliphatic hydroxyl groups excluding tert-OH is 1. The molecule has 4 rings (SSSR count). The lowest BCUT2D eigenvalue weighted by molar-refractivity contribution is -0.151. The first-order chi connectivity index (χ1) is 13.7. The Morgan fingerprint density at radius 1 is 1.38 bits per heavy atom. The lowest BCUT2D eigenvalue weighted by Gasteiger charge is -2.45. The standard InChI is InChI=1S/C19H19F2N3O5/c1-19(18(28)22-7-10-2-3-11(20)6-12(10)21)9-23-8-13-24(4-5-29-13)17(27)14(23)15(25)16(19)26/h2-3,6,13,25H,4-5,7-9H2,1H3,(H,22,28)/t13-,19?/m0/s1. The van der Waals surface area contributed by atoms with E-state index in [1.807, 2.05) is 0 Å². The molecule has 3 aliphatic rings. The Labute approximate surface area is 164 Å². The number of rotatable bonds is 3. The summed E-state index contributed by atoms with van der Waals surface area (Å²) in [7, 11) is 0. The number of hydrogen-bond acceptors (Lipinski definition) is 6. The number of carbonyl (C=O) groups is 3. The SMILES string of the molecule is CC1(C(=O)NCc2ccc(F)cc2F)CN2C[C@@H]3OCCN3C(=O)C2=C(O)C1=O. The number of hydrogen-bond donors (Lipinski definition) is 2. The lowest BCUT2D eigenvalue weighted by Crippen LogP contribution is -2.61. The fourth-order valence-corrected chi connectivity index (χ4v) is 3.88. The Bertz CT molecular complexity index is 950. The van der Waals surface area contributed by atoms with E-state index in [0.717, 1.165) is 6.07 Å². The van der Waals surface area contributed by atoms with E-state index >= 15 is 0 Å². The molecule has 154 valence electrons. The van der Waals surface area contributed by atoms with Crippen LogP contribution in [-0.4, -0.2) is 65.0 Å². The largest absolute Gasteiger partial charge is 0.503 e. The van der Waals surface area contributed by atoms with Crippen LogP contribution in [0.3, 0.4) is 0 Å². The summed E-state index contributed by atoms with van der Waals surface area (Å²) in [5, 5.41) is 12.9. The first-order valence-electron chi connectivity index (χ1n) is 9.10. The van der Waals surface area contributed by atoms with Gasteiger partial charge in [-0.25, -0.2) is 8.78 Å². The Morgan fingerprint density at radius 3 is 2.86 bits per heavy atom. The van der Waals surface area contributed by atoms with Crippen molar-refractivity contribution in [2.75, 3.05) is 26.2 Å². The number of nitrogens with one attached hydrogen (secondary N) is 1. The van der Waals surface area contributed by atoms with Crippen LogP contribution in [0.2, 0.25) is 0 Å². The number of halogens is 2. The molecule has 2 fully saturated rings. The van der Waals surface area contributed by atoms with Gasteiger partial charge in [0.05, 0.1) is 13.2 Å². The van der Waals surface area contributed by atoms with Gasteiger partial charge in [0.1, 0.15) is 29.0 Å². The van der Waals surface area contributed by atoms with Gasteiger partial charge in [-0.05, 0) is 13.0 Å². The van der Waals surface area contributed by atoms with Gasteiger partial charge in [0, 0.05) is 31.3 Å². The van der Waals surface area contributed by atoms with Gasteiger partial charge in [-0.15, -0.1) is 0 Å². The molecule has 0 saturated carbocycles. The van der Waals surface area contributed by atoms with Crippen molar-refractivity contribution >= 4 is 17.6 Å². The molecule has 3 heterocycles. The first-order valence-corrected chi connectivity index (χ1v) is 9.10. The van der Waals surface area contributed by atoms with Crippen LogP contribution in [0.1, 0.15) is 12.5 Å². The van der Waals surface area contributed by atoms with Crippen LogP contribution in [0.15, 0.2) is 29.7 Å². The van der Waals surface area contributed by atoms with Crippen LogP contribution in [0, 0.1) is 17.0 Å². The number of fused-ring (bicyclic) bond motifs is 2. The highest BCUT2D eigenvalue weighted by Gasteiger charge is 2.54. The number of nitrogens with zero attached hydrogens (tertiary/aromatic N) is 2. The normalized spacial score (nSPS) is 26.5. The van der Waals surface area contributed by atoms with Crippen LogP contribution >= 0.6 is 0 Å². The minimum absolute atomic E-state index is 0.0511. The molecule has 0 bridgehead atoms. The van der Waals surface area contributed by atoms with E-state index in [0.29, 0.717) is 19.2 Å². The maximum absolute atomic E-state index is 13.8. The van der Waals surface area contributed by atoms with Crippen LogP contribution < -0.4 is 5.32 Å². The Balaban J connectivity index is 1.56. The van der Waals surface area contributed by atoms with Crippen molar-refractivity contribution in [3.63, 3.8) is 0 Å². The average Bonchev–Trinajstić information content (AvgIpc) is 3.14. The van der Waals surface area contributed by atoms with E-state index in [4.69, 9.17) is 4.74 Å². The number of allylic oxidation sites excluding steroid dienone is 1. The van der Waals surface area contributed by atoms with E-state index in [-0.39, 0.29) is 30.9 Å². The number of aliphatic hydroxyl groups is 1. The maximum Gasteiger partial charge on any atom is 0.276 e. The Hall–Kier alpha value is -3.01. The molecule has 10 heteroatoms. The summed E-state index contributed by atoms with van der Waals surface area (Å²) in [5.41, 5.74) is -1.77. The van der Waals surface area contributed by atoms with Gasteiger partial charge in [0.2, 0.25) is 11.7 Å². The summed E-state index contributed by atoms with van der Waals surface area (Å²) >= 11 is 0. The molecule has 0 spiro atoms. The van der Waals surface area contributed by atoms with Crippen molar-refractivity contribution in [3.8, 4) is 0 Å². The smallest absolute Gasteiger partial charge is 0.276 e. The summed E-state index contributed by atoms with van der Waals surface area (Å²) in [4.78, 5) is 41.1. The number of ketones is 1. The van der Waals surface area contributed by atoms with Crippen molar-refractivity contribution in [1.29, 1.82) is 0 Å². The van der Waals surface area contributed by atoms with E-state index in [9.17, 15) is 28.3 Å². The minimum atomic E-state index is -1.69. The monoisotopic (exact) mass is 407 g/mol. The van der Waals surface area contributed by atoms with Gasteiger partial charge in [-0.2, -0.15) is 0 Å². The van der Waals surface area contributed by atoms with Gasteiger partial charge in [0.15, 0.2) is 5.76 Å². The molecule has 1 aromatic rings. The summed E-state index contributed by atoms with van der Waals surface area (Å²) in [6.45, 7) is 1.89. The van der Waals surface area contributed by atoms with Crippen molar-refractivity contribution in [1.82, 2.24) is 15.1 Å². The molecule has 2 saturated heterocycles. The minimum Gasteiger partial charge on any atom is -0.503 e. The number of benzene rings is 1. The second-order valence-corrected chi connectivity index (χ2v) is 7.48. The number of carbonyl (C=O) groups excluding carboxylic acids is 3. The molecule has 0 aromatic heterocycles. The fourth-order valence-electron chi connectivity index (χ4n) is 3.88. The molecular weight excluding hydrogens is 388 g/mol. The van der Waals surface area contributed by atoms with Crippen LogP contribution in [0.4, 0.5) is 8.78 Å². The molecule has 3 aliphatic heterocycles. The van der Waals surface area contributed by atoms with Gasteiger partial charge >= 0.3 is 0 Å². The summed E-state index contributed by atoms with van der Waals surface area (Å²) in [5.74, 6) is -4.47. The molecule has 29 heavy (non-hydrogen) atoms. The fraction of sp³-hybridized carbons (Fsp3) is 0.421. The van der Waals surface area contributed by atoms with Crippen molar-refractivity contribution in [3.05, 3.63) is 46.9 Å². The molecule has 2 amide bonds. The number of amides is 2. The Kier molecular flexibility index (Phi) is 4.53. The number of piperazine rings is 1. The predicted molar refractivity (Wildman–Crippen MR) is 94.0 cm³/mol. The van der Waals surface area contributed by atoms with E-state index in [1.165, 1.54) is 22.8 Å². The molecule has 1 unspecified atom stereocenters. The molecule has 8 nitrogen and oxygen atoms in total. The molecular formula is C19H19F2N3O5. The van der Waals surface area contributed by atoms with Crippen molar-refractivity contribution in [2.24, 2.45) is 5.41 Å². The highest BCUT2D eigenvalue weighted by Crippen LogP contribution is 2.36.